The zero-order valence-corrected chi connectivity index (χ0v) is 65.3. The number of nitrogens with one attached hydrogen (secondary N) is 1. The van der Waals surface area contributed by atoms with Gasteiger partial charge >= 0.3 is 0 Å². The summed E-state index contributed by atoms with van der Waals surface area (Å²) in [5.74, 6) is 0. The predicted molar refractivity (Wildman–Crippen MR) is 358 cm³/mol. The molecule has 1 N–H and O–H groups in total. The first-order valence-electron chi connectivity index (χ1n) is 28.1. The maximum Gasteiger partial charge on any atom is 0.0897 e. The molecule has 0 bridgehead atoms. The van der Waals surface area contributed by atoms with E-state index in [4.69, 9.17) is 5.53 Å². The Labute approximate surface area is 751 Å². The number of rotatable bonds is 69. The smallest absolute Gasteiger partial charge is 0.0897 e. The third kappa shape index (κ3) is 113. The van der Waals surface area contributed by atoms with Crippen LogP contribution in [-0.4, -0.2) is 4.22 Å². The maximum absolute atomic E-state index is 6.28. The summed E-state index contributed by atoms with van der Waals surface area (Å²) in [6.45, 7) is 0. The molecule has 0 unspecified atom stereocenters. The van der Waals surface area contributed by atoms with Crippen molar-refractivity contribution in [2.24, 2.45) is 721 Å². The van der Waals surface area contributed by atoms with Crippen LogP contribution in [0.3, 0.4) is 0 Å². The average molecular weight is 2090 g/mol. The van der Waals surface area contributed by atoms with Gasteiger partial charge < -0.3 is 0 Å². The monoisotopic (exact) mass is 2090 g/mol. The number of nitrogens with zero attached hydrogens (tertiary/aromatic N) is 138. The molecule has 0 saturated heterocycles. The lowest BCUT2D eigenvalue weighted by molar-refractivity contribution is 0.722. The molecule has 0 aliphatic rings. The van der Waals surface area contributed by atoms with Crippen molar-refractivity contribution in [3.05, 3.63) is 0 Å². The fraction of sp³-hybridized carbons (Fsp3) is 0. The van der Waals surface area contributed by atoms with Gasteiger partial charge in [-0.05, 0) is 106 Å². The van der Waals surface area contributed by atoms with Crippen molar-refractivity contribution in [3.63, 3.8) is 0 Å². The predicted octanol–water partition coefficient (Wildman–Crippen LogP) is 26.4. The van der Waals surface area contributed by atoms with Crippen LogP contribution in [0.4, 0.5) is 0 Å². The van der Waals surface area contributed by atoms with Gasteiger partial charge in [0.1, 0.15) is 0 Å². The Hall–Kier alpha value is -27.2. The Balaban J connectivity index is 4.14. The molecule has 0 aliphatic carbocycles. The Kier molecular flexibility index (Phi) is 91.0. The fourth-order valence-electron chi connectivity index (χ4n) is 2.46. The Morgan fingerprint density at radius 3 is 0.156 bits per heavy atom. The summed E-state index contributed by atoms with van der Waals surface area (Å²) in [6, 6.07) is 0. The van der Waals surface area contributed by atoms with Crippen LogP contribution in [0.5, 0.6) is 0 Å². The number of hydrogen-bond acceptors (Lipinski definition) is 2. The molecule has 0 atom stereocenters. The molecule has 0 heterocycles. The summed E-state index contributed by atoms with van der Waals surface area (Å²) in [7, 11) is 0. The van der Waals surface area contributed by atoms with E-state index in [-0.39, 0.29) is 0 Å². The molecule has 0 aromatic rings. The lowest BCUT2D eigenvalue weighted by Crippen LogP contribution is -1.52. The third-order valence-corrected chi connectivity index (χ3v) is 5.79. The molecule has 0 rings (SSSR count). The van der Waals surface area contributed by atoms with Gasteiger partial charge in [-0.25, -0.2) is 0 Å². The Bertz CT molecular complexity index is 5080. The highest BCUT2D eigenvalue weighted by Gasteiger charge is 1.84. The molecule has 0 amide bonds. The number of hydrogen-bond donors (Lipinski definition) is 1. The van der Waals surface area contributed by atoms with Crippen LogP contribution < -0.4 is 0 Å². The SMILES string of the molecule is N=NN=NN=NN=NN=NN=NN=NN=NN=NN=NN=NN=NN=NN=NN=NN=NN=NN=NN=NN=NN=NN=NN=NN=NN=NN=NN=NN=NN=NN=NN=NN=NN=NN=NN=NN=NN=NN=NN=NN=NN=NN=NN=NN=NN=NN=NN=NN=NN=NN=NN=NN=NN=NN=NN=NN=NN=NN=NN=NN=NN=NN=NN=NN=NN=NN=NN=NN=NN=NN=CI. The van der Waals surface area contributed by atoms with Gasteiger partial charge in [0.25, 0.3) is 0 Å². The van der Waals surface area contributed by atoms with Gasteiger partial charge in [0.15, 0.2) is 0 Å². The van der Waals surface area contributed by atoms with E-state index in [0.29, 0.717) is 0 Å². The van der Waals surface area contributed by atoms with Crippen molar-refractivity contribution in [2.45, 2.75) is 0 Å². The first-order valence-corrected chi connectivity index (χ1v) is 29.3. The van der Waals surface area contributed by atoms with Crippen LogP contribution in [0.2, 0.25) is 0 Å². The standard InChI is InChI=1S/CH2IN139/c2-1-4-6-8-10-12-14-16-18-20-22-24-26-28-30-32-34-36-38-40-42-44-46-48-50-52-54-56-58-60-62-64-66-68-70-72-74-76-78-80-82-84-86-88-90-92-94-96-98-100-102-104-106-108-110-112-114-116-118-120-122-124-126-128-130-132-134-136-138-140-141-139-137-135-133-131-129-127-125-123-121-119-117-115-113-111-109-107-105-103-101-99-97-95-93-91-89-87-85-83-81-79-77-75-73-71-69-67-65-63-61-59-57-55-53-51-49-47-45-43-41-39-37-35-33-31-29-27-25-23-21-19-17-15-13-11-9-7-5-3/h1,3H. The van der Waals surface area contributed by atoms with Crippen molar-refractivity contribution in [2.75, 3.05) is 0 Å². The van der Waals surface area contributed by atoms with Gasteiger partial charge in [-0.1, -0.05) is 0 Å². The van der Waals surface area contributed by atoms with Crippen molar-refractivity contribution in [1.82, 2.24) is 0 Å². The van der Waals surface area contributed by atoms with Crippen molar-refractivity contribution in [3.8, 4) is 0 Å². The first kappa shape index (κ1) is 114. The van der Waals surface area contributed by atoms with Gasteiger partial charge in [-0.3, -0.25) is 0 Å². The largest absolute Gasteiger partial charge is 0.183 e. The molecule has 0 fully saturated rings. The second-order valence-electron chi connectivity index (χ2n) is 12.5. The summed E-state index contributed by atoms with van der Waals surface area (Å²) >= 11 is 1.81. The van der Waals surface area contributed by atoms with Crippen LogP contribution in [0.25, 0.3) is 0 Å². The van der Waals surface area contributed by atoms with E-state index in [2.05, 4.69) is 721 Å². The molecular weight excluding hydrogens is 2090 g/mol. The second kappa shape index (κ2) is 113. The van der Waals surface area contributed by atoms with Crippen molar-refractivity contribution in [1.29, 1.82) is 5.53 Å². The molecule has 0 aromatic heterocycles. The summed E-state index contributed by atoms with van der Waals surface area (Å²) in [5.41, 5.74) is 6.28. The van der Waals surface area contributed by atoms with E-state index in [9.17, 15) is 0 Å². The Morgan fingerprint density at radius 1 is 0.0709 bits per heavy atom. The summed E-state index contributed by atoms with van der Waals surface area (Å²) < 4.78 is 1.33. The Morgan fingerprint density at radius 2 is 0.113 bits per heavy atom. The van der Waals surface area contributed by atoms with Crippen LogP contribution in [0, 0.1) is 5.53 Å². The average Bonchev–Trinajstić information content (AvgIpc) is 1.11. The van der Waals surface area contributed by atoms with E-state index in [1.54, 1.807) is 0 Å². The molecule has 708 valence electrons. The highest BCUT2D eigenvalue weighted by molar-refractivity contribution is 14.1. The van der Waals surface area contributed by atoms with Gasteiger partial charge in [-0.2, -0.15) is 5.53 Å². The molecule has 0 radical (unpaired) electrons. The van der Waals surface area contributed by atoms with Gasteiger partial charge in [0.2, 0.25) is 0 Å². The van der Waals surface area contributed by atoms with E-state index in [0.717, 1.165) is 0 Å². The summed E-state index contributed by atoms with van der Waals surface area (Å²) in [4.78, 5) is 0. The highest BCUT2D eigenvalue weighted by atomic mass is 127. The molecule has 140 heteroatoms. The quantitative estimate of drug-likeness (QED) is 0.0257. The topological polar surface area (TPSA) is 1730 Å². The van der Waals surface area contributed by atoms with Crippen molar-refractivity contribution >= 4 is 26.8 Å². The molecule has 0 spiro atoms. The molecule has 0 saturated carbocycles. The maximum atomic E-state index is 6.28. The van der Waals surface area contributed by atoms with Crippen LogP contribution >= 0.6 is 22.6 Å². The summed E-state index contributed by atoms with van der Waals surface area (Å²) in [5, 5.41) is 414. The lowest BCUT2D eigenvalue weighted by atomic mass is 11.7. The van der Waals surface area contributed by atoms with E-state index >= 15 is 0 Å². The van der Waals surface area contributed by atoms with Gasteiger partial charge in [-0.15, -0.1) is 5.10 Å². The molecule has 141 heavy (non-hydrogen) atoms. The van der Waals surface area contributed by atoms with E-state index in [1.165, 1.54) is 4.22 Å². The molecular formula is CH2IN139. The molecule has 0 aliphatic heterocycles. The van der Waals surface area contributed by atoms with E-state index in [1.807, 2.05) is 22.6 Å². The lowest BCUT2D eigenvalue weighted by Gasteiger charge is -1.71. The first-order chi connectivity index (χ1) is 70.4. The molecule has 0 aromatic carbocycles. The second-order valence-corrected chi connectivity index (χ2v) is 13.0. The van der Waals surface area contributed by atoms with Crippen LogP contribution in [0.1, 0.15) is 0 Å². The normalized spacial score (nSPS) is 15.8. The fourth-order valence-corrected chi connectivity index (χ4v) is 2.57. The van der Waals surface area contributed by atoms with Crippen LogP contribution in [0.15, 0.2) is 721 Å². The highest BCUT2D eigenvalue weighted by Crippen LogP contribution is 2.02. The number of halogens is 1. The molecule has 139 nitrogen and oxygen atoms in total. The van der Waals surface area contributed by atoms with Gasteiger partial charge in [0, 0.05) is 632 Å². The van der Waals surface area contributed by atoms with E-state index < -0.39 is 0 Å². The minimum atomic E-state index is 1.33. The summed E-state index contributed by atoms with van der Waals surface area (Å²) in [6.07, 6.45) is 0. The van der Waals surface area contributed by atoms with Crippen molar-refractivity contribution < 1.29 is 0 Å². The zero-order valence-electron chi connectivity index (χ0n) is 63.2. The minimum absolute atomic E-state index is 1.33. The third-order valence-electron chi connectivity index (χ3n) is 5.54. The van der Waals surface area contributed by atoms with Gasteiger partial charge in [0.05, 0.1) is 4.22 Å². The minimum Gasteiger partial charge on any atom is -0.183 e. The zero-order chi connectivity index (χ0) is 100. The van der Waals surface area contributed by atoms with Crippen LogP contribution in [-0.2, 0) is 0 Å².